The topological polar surface area (TPSA) is 66.9 Å². The van der Waals surface area contributed by atoms with Gasteiger partial charge >= 0.3 is 0 Å². The molecule has 132 valence electrons. The molecule has 6 nitrogen and oxygen atoms in total. The lowest BCUT2D eigenvalue weighted by Crippen LogP contribution is -2.52. The fourth-order valence-electron chi connectivity index (χ4n) is 2.91. The smallest absolute Gasteiger partial charge is 0.251 e. The van der Waals surface area contributed by atoms with Crippen LogP contribution < -0.4 is 0 Å². The number of sulfonamides is 1. The van der Waals surface area contributed by atoms with E-state index in [1.165, 1.54) is 4.31 Å². The molecule has 0 aromatic heterocycles. The molecule has 9 heteroatoms. The lowest BCUT2D eigenvalue weighted by Gasteiger charge is -2.35. The Morgan fingerprint density at radius 3 is 2.42 bits per heavy atom. The van der Waals surface area contributed by atoms with Gasteiger partial charge in [-0.2, -0.15) is 4.31 Å². The van der Waals surface area contributed by atoms with Crippen LogP contribution in [0, 0.1) is 11.6 Å². The van der Waals surface area contributed by atoms with Crippen LogP contribution in [-0.4, -0.2) is 62.4 Å². The van der Waals surface area contributed by atoms with Gasteiger partial charge in [-0.1, -0.05) is 0 Å². The molecule has 2 aliphatic rings. The van der Waals surface area contributed by atoms with Crippen LogP contribution in [-0.2, 0) is 19.6 Å². The molecule has 2 fully saturated rings. The predicted octanol–water partition coefficient (Wildman–Crippen LogP) is 0.977. The first kappa shape index (κ1) is 17.2. The summed E-state index contributed by atoms with van der Waals surface area (Å²) in [5.41, 5.74) is 0. The van der Waals surface area contributed by atoms with E-state index in [0.717, 1.165) is 18.6 Å². The highest BCUT2D eigenvalue weighted by molar-refractivity contribution is 7.89. The minimum Gasteiger partial charge on any atom is -0.368 e. The number of amides is 1. The maximum Gasteiger partial charge on any atom is 0.251 e. The zero-order valence-electron chi connectivity index (χ0n) is 13.0. The molecule has 3 rings (SSSR count). The monoisotopic (exact) mass is 360 g/mol. The SMILES string of the molecule is O=C([C@@H]1CCCO1)N1CCN(S(=O)(=O)c2ccc(F)c(F)c2)CC1. The lowest BCUT2D eigenvalue weighted by atomic mass is 10.2. The molecule has 2 saturated heterocycles. The summed E-state index contributed by atoms with van der Waals surface area (Å²) < 4.78 is 57.8. The van der Waals surface area contributed by atoms with E-state index in [-0.39, 0.29) is 37.0 Å². The quantitative estimate of drug-likeness (QED) is 0.806. The summed E-state index contributed by atoms with van der Waals surface area (Å²) in [6.45, 7) is 1.30. The van der Waals surface area contributed by atoms with Gasteiger partial charge in [0.25, 0.3) is 5.91 Å². The van der Waals surface area contributed by atoms with Gasteiger partial charge in [0, 0.05) is 32.8 Å². The van der Waals surface area contributed by atoms with Crippen LogP contribution in [0.15, 0.2) is 23.1 Å². The third-order valence-corrected chi connectivity index (χ3v) is 6.18. The van der Waals surface area contributed by atoms with Crippen LogP contribution in [0.4, 0.5) is 8.78 Å². The summed E-state index contributed by atoms with van der Waals surface area (Å²) in [6.07, 6.45) is 1.10. The minimum atomic E-state index is -3.91. The van der Waals surface area contributed by atoms with Crippen LogP contribution in [0.2, 0.25) is 0 Å². The van der Waals surface area contributed by atoms with E-state index >= 15 is 0 Å². The van der Waals surface area contributed by atoms with Crippen molar-refractivity contribution < 1.29 is 26.7 Å². The molecule has 0 aliphatic carbocycles. The van der Waals surface area contributed by atoms with Gasteiger partial charge in [0.15, 0.2) is 11.6 Å². The maximum atomic E-state index is 13.3. The van der Waals surface area contributed by atoms with Crippen LogP contribution in [0.1, 0.15) is 12.8 Å². The second-order valence-electron chi connectivity index (χ2n) is 5.81. The average Bonchev–Trinajstić information content (AvgIpc) is 3.11. The maximum absolute atomic E-state index is 13.3. The number of rotatable bonds is 3. The highest BCUT2D eigenvalue weighted by atomic mass is 32.2. The Kier molecular flexibility index (Phi) is 4.84. The van der Waals surface area contributed by atoms with E-state index in [1.54, 1.807) is 4.90 Å². The highest BCUT2D eigenvalue weighted by Gasteiger charge is 2.34. The Labute approximate surface area is 139 Å². The van der Waals surface area contributed by atoms with Crippen LogP contribution in [0.3, 0.4) is 0 Å². The second-order valence-corrected chi connectivity index (χ2v) is 7.74. The predicted molar refractivity (Wildman–Crippen MR) is 80.7 cm³/mol. The molecular formula is C15H18F2N2O4S. The van der Waals surface area contributed by atoms with Crippen LogP contribution >= 0.6 is 0 Å². The van der Waals surface area contributed by atoms with Crippen molar-refractivity contribution in [3.8, 4) is 0 Å². The van der Waals surface area contributed by atoms with Crippen molar-refractivity contribution in [1.82, 2.24) is 9.21 Å². The molecule has 0 N–H and O–H groups in total. The number of hydrogen-bond acceptors (Lipinski definition) is 4. The van der Waals surface area contributed by atoms with Gasteiger partial charge in [-0.05, 0) is 31.0 Å². The summed E-state index contributed by atoms with van der Waals surface area (Å²) in [4.78, 5) is 13.5. The fraction of sp³-hybridized carbons (Fsp3) is 0.533. The highest BCUT2D eigenvalue weighted by Crippen LogP contribution is 2.21. The molecule has 0 unspecified atom stereocenters. The van der Waals surface area contributed by atoms with E-state index in [4.69, 9.17) is 4.74 Å². The molecule has 2 aliphatic heterocycles. The number of nitrogens with zero attached hydrogens (tertiary/aromatic N) is 2. The Morgan fingerprint density at radius 1 is 1.12 bits per heavy atom. The molecular weight excluding hydrogens is 342 g/mol. The Bertz CT molecular complexity index is 727. The van der Waals surface area contributed by atoms with E-state index in [2.05, 4.69) is 0 Å². The van der Waals surface area contributed by atoms with Crippen molar-refractivity contribution >= 4 is 15.9 Å². The lowest BCUT2D eigenvalue weighted by molar-refractivity contribution is -0.142. The van der Waals surface area contributed by atoms with Crippen molar-refractivity contribution in [1.29, 1.82) is 0 Å². The standard InChI is InChI=1S/C15H18F2N2O4S/c16-12-4-3-11(10-13(12)17)24(21,22)19-7-5-18(6-8-19)15(20)14-2-1-9-23-14/h3-4,10,14H,1-2,5-9H2/t14-/m0/s1. The number of carbonyl (C=O) groups is 1. The molecule has 0 saturated carbocycles. The molecule has 1 atom stereocenters. The summed E-state index contributed by atoms with van der Waals surface area (Å²) in [5, 5.41) is 0. The fourth-order valence-corrected chi connectivity index (χ4v) is 4.35. The summed E-state index contributed by atoms with van der Waals surface area (Å²) in [7, 11) is -3.91. The van der Waals surface area contributed by atoms with Crippen LogP contribution in [0.5, 0.6) is 0 Å². The van der Waals surface area contributed by atoms with E-state index in [0.29, 0.717) is 19.1 Å². The van der Waals surface area contributed by atoms with Gasteiger partial charge in [-0.15, -0.1) is 0 Å². The van der Waals surface area contributed by atoms with E-state index in [9.17, 15) is 22.0 Å². The van der Waals surface area contributed by atoms with Gasteiger partial charge in [0.05, 0.1) is 4.90 Å². The Balaban J connectivity index is 1.67. The molecule has 1 amide bonds. The zero-order chi connectivity index (χ0) is 17.3. The second kappa shape index (κ2) is 6.73. The van der Waals surface area contributed by atoms with E-state index < -0.39 is 27.8 Å². The number of benzene rings is 1. The molecule has 1 aromatic carbocycles. The number of ether oxygens (including phenoxy) is 1. The number of carbonyl (C=O) groups excluding carboxylic acids is 1. The third kappa shape index (κ3) is 3.28. The molecule has 0 bridgehead atoms. The summed E-state index contributed by atoms with van der Waals surface area (Å²) >= 11 is 0. The first-order valence-corrected chi connectivity index (χ1v) is 9.19. The van der Waals surface area contributed by atoms with E-state index in [1.807, 2.05) is 0 Å². The van der Waals surface area contributed by atoms with Gasteiger partial charge in [-0.3, -0.25) is 4.79 Å². The van der Waals surface area contributed by atoms with Gasteiger partial charge < -0.3 is 9.64 Å². The number of piperazine rings is 1. The normalized spacial score (nSPS) is 22.8. The molecule has 1 aromatic rings. The molecule has 24 heavy (non-hydrogen) atoms. The first-order chi connectivity index (χ1) is 11.4. The Hall–Kier alpha value is -1.58. The minimum absolute atomic E-state index is 0.111. The van der Waals surface area contributed by atoms with Gasteiger partial charge in [-0.25, -0.2) is 17.2 Å². The zero-order valence-corrected chi connectivity index (χ0v) is 13.8. The summed E-state index contributed by atoms with van der Waals surface area (Å²) in [6, 6.07) is 2.51. The van der Waals surface area contributed by atoms with Crippen molar-refractivity contribution in [2.24, 2.45) is 0 Å². The molecule has 0 radical (unpaired) electrons. The Morgan fingerprint density at radius 2 is 1.83 bits per heavy atom. The largest absolute Gasteiger partial charge is 0.368 e. The summed E-state index contributed by atoms with van der Waals surface area (Å²) in [5.74, 6) is -2.42. The first-order valence-electron chi connectivity index (χ1n) is 7.75. The van der Waals surface area contributed by atoms with Crippen molar-refractivity contribution in [2.45, 2.75) is 23.8 Å². The number of halogens is 2. The van der Waals surface area contributed by atoms with Crippen molar-refractivity contribution in [3.63, 3.8) is 0 Å². The van der Waals surface area contributed by atoms with Gasteiger partial charge in [0.2, 0.25) is 10.0 Å². The van der Waals surface area contributed by atoms with Crippen LogP contribution in [0.25, 0.3) is 0 Å². The average molecular weight is 360 g/mol. The van der Waals surface area contributed by atoms with Crippen molar-refractivity contribution in [3.05, 3.63) is 29.8 Å². The number of hydrogen-bond donors (Lipinski definition) is 0. The third-order valence-electron chi connectivity index (χ3n) is 4.28. The molecule has 0 spiro atoms. The molecule has 2 heterocycles. The van der Waals surface area contributed by atoms with Crippen molar-refractivity contribution in [2.75, 3.05) is 32.8 Å². The van der Waals surface area contributed by atoms with Gasteiger partial charge in [0.1, 0.15) is 6.10 Å².